The summed E-state index contributed by atoms with van der Waals surface area (Å²) in [4.78, 5) is 30.1. The SMILES string of the molecule is CCCC1=C2[C@@H](CC/C(=C/c3ccc(O)c4ccccc34)c3ccccc3)OB(O)C[C@@H]2[C@@H]2C(=O)N(Cc3cccs3)C(=O)[C@@H]2C1. The second-order valence-corrected chi connectivity index (χ2v) is 13.7. The van der Waals surface area contributed by atoms with E-state index in [4.69, 9.17) is 4.65 Å². The molecular formula is C38H38BNO5S. The molecule has 8 heteroatoms. The Labute approximate surface area is 274 Å². The van der Waals surface area contributed by atoms with Gasteiger partial charge >= 0.3 is 7.12 Å². The number of carbonyl (C=O) groups excluding carboxylic acids is 2. The van der Waals surface area contributed by atoms with Crippen molar-refractivity contribution >= 4 is 52.7 Å². The number of thiophene rings is 1. The van der Waals surface area contributed by atoms with Gasteiger partial charge in [0.25, 0.3) is 0 Å². The lowest BCUT2D eigenvalue weighted by Crippen LogP contribution is -2.46. The molecule has 1 aromatic heterocycles. The topological polar surface area (TPSA) is 87.1 Å². The van der Waals surface area contributed by atoms with E-state index in [1.807, 2.05) is 66.0 Å². The molecule has 3 aromatic carbocycles. The number of allylic oxidation sites excluding steroid dienone is 2. The van der Waals surface area contributed by atoms with Crippen molar-refractivity contribution in [2.24, 2.45) is 17.8 Å². The van der Waals surface area contributed by atoms with Crippen LogP contribution in [0.25, 0.3) is 22.4 Å². The third-order valence-corrected chi connectivity index (χ3v) is 10.8. The highest BCUT2D eigenvalue weighted by Gasteiger charge is 2.57. The Morgan fingerprint density at radius 1 is 0.978 bits per heavy atom. The molecule has 0 radical (unpaired) electrons. The molecule has 6 nitrogen and oxygen atoms in total. The van der Waals surface area contributed by atoms with Crippen molar-refractivity contribution in [2.45, 2.75) is 58.0 Å². The molecule has 0 spiro atoms. The van der Waals surface area contributed by atoms with Crippen molar-refractivity contribution in [3.05, 3.63) is 111 Å². The van der Waals surface area contributed by atoms with Crippen molar-refractivity contribution in [1.82, 2.24) is 4.90 Å². The maximum Gasteiger partial charge on any atom is 0.455 e. The number of phenolic OH excluding ortho intramolecular Hbond substituents is 1. The molecular weight excluding hydrogens is 593 g/mol. The fourth-order valence-corrected chi connectivity index (χ4v) is 8.63. The number of phenols is 1. The fraction of sp³-hybridized carbons (Fsp3) is 0.316. The molecule has 1 aliphatic carbocycles. The summed E-state index contributed by atoms with van der Waals surface area (Å²) < 4.78 is 6.31. The molecule has 0 unspecified atom stereocenters. The predicted octanol–water partition coefficient (Wildman–Crippen LogP) is 7.73. The minimum absolute atomic E-state index is 0.0796. The van der Waals surface area contributed by atoms with E-state index in [1.54, 1.807) is 17.4 Å². The van der Waals surface area contributed by atoms with Crippen molar-refractivity contribution in [2.75, 3.05) is 0 Å². The van der Waals surface area contributed by atoms with E-state index in [1.165, 1.54) is 10.5 Å². The summed E-state index contributed by atoms with van der Waals surface area (Å²) in [5, 5.41) is 25.3. The molecule has 0 bridgehead atoms. The molecule has 0 saturated carbocycles. The van der Waals surface area contributed by atoms with Gasteiger partial charge in [0.15, 0.2) is 0 Å². The van der Waals surface area contributed by atoms with Gasteiger partial charge in [-0.15, -0.1) is 11.3 Å². The lowest BCUT2D eigenvalue weighted by atomic mass is 9.58. The molecule has 4 atom stereocenters. The highest BCUT2D eigenvalue weighted by Crippen LogP contribution is 2.52. The fourth-order valence-electron chi connectivity index (χ4n) is 7.94. The van der Waals surface area contributed by atoms with Crippen LogP contribution in [0.5, 0.6) is 5.75 Å². The summed E-state index contributed by atoms with van der Waals surface area (Å²) in [6.07, 6.45) is 5.82. The Morgan fingerprint density at radius 2 is 1.76 bits per heavy atom. The van der Waals surface area contributed by atoms with Crippen molar-refractivity contribution in [3.63, 3.8) is 0 Å². The van der Waals surface area contributed by atoms with E-state index in [-0.39, 0.29) is 35.5 Å². The van der Waals surface area contributed by atoms with Gasteiger partial charge in [-0.2, -0.15) is 0 Å². The highest BCUT2D eigenvalue weighted by molar-refractivity contribution is 7.09. The van der Waals surface area contributed by atoms with E-state index < -0.39 is 13.0 Å². The first-order valence-corrected chi connectivity index (χ1v) is 17.2. The maximum atomic E-state index is 13.9. The molecule has 3 aliphatic rings. The first-order chi connectivity index (χ1) is 22.4. The summed E-state index contributed by atoms with van der Waals surface area (Å²) in [6.45, 7) is 2.46. The van der Waals surface area contributed by atoms with Gasteiger partial charge in [-0.1, -0.05) is 91.7 Å². The summed E-state index contributed by atoms with van der Waals surface area (Å²) in [6, 6.07) is 25.7. The number of rotatable bonds is 9. The minimum atomic E-state index is -1.00. The first kappa shape index (κ1) is 30.7. The molecule has 2 amide bonds. The van der Waals surface area contributed by atoms with Crippen LogP contribution in [-0.2, 0) is 20.8 Å². The van der Waals surface area contributed by atoms with Crippen molar-refractivity contribution in [3.8, 4) is 5.75 Å². The van der Waals surface area contributed by atoms with Crippen LogP contribution in [0.15, 0.2) is 95.4 Å². The number of hydrogen-bond acceptors (Lipinski definition) is 6. The Hall–Kier alpha value is -3.98. The molecule has 2 N–H and O–H groups in total. The number of amides is 2. The third kappa shape index (κ3) is 5.74. The second-order valence-electron chi connectivity index (χ2n) is 12.7. The quantitative estimate of drug-likeness (QED) is 0.0855. The molecule has 234 valence electrons. The van der Waals surface area contributed by atoms with Crippen LogP contribution in [0, 0.1) is 17.8 Å². The van der Waals surface area contributed by atoms with Gasteiger partial charge in [-0.05, 0) is 83.1 Å². The zero-order valence-corrected chi connectivity index (χ0v) is 26.8. The molecule has 2 fully saturated rings. The number of benzene rings is 3. The van der Waals surface area contributed by atoms with Crippen LogP contribution in [-0.4, -0.2) is 40.1 Å². The van der Waals surface area contributed by atoms with Crippen LogP contribution in [0.4, 0.5) is 0 Å². The first-order valence-electron chi connectivity index (χ1n) is 16.3. The summed E-state index contributed by atoms with van der Waals surface area (Å²) in [7, 11) is -1.00. The lowest BCUT2D eigenvalue weighted by Gasteiger charge is -2.43. The average molecular weight is 632 g/mol. The smallest absolute Gasteiger partial charge is 0.455 e. The van der Waals surface area contributed by atoms with Gasteiger partial charge in [0.1, 0.15) is 5.75 Å². The normalized spacial score (nSPS) is 23.3. The van der Waals surface area contributed by atoms with E-state index in [2.05, 4.69) is 25.1 Å². The number of aromatic hydroxyl groups is 1. The Kier molecular flexibility index (Phi) is 8.69. The predicted molar refractivity (Wildman–Crippen MR) is 184 cm³/mol. The number of carbonyl (C=O) groups is 2. The van der Waals surface area contributed by atoms with Crippen LogP contribution in [0.1, 0.15) is 55.0 Å². The van der Waals surface area contributed by atoms with Crippen LogP contribution >= 0.6 is 11.3 Å². The Balaban J connectivity index is 1.22. The number of hydrogen-bond donors (Lipinski definition) is 2. The van der Waals surface area contributed by atoms with Crippen LogP contribution in [0.3, 0.4) is 0 Å². The van der Waals surface area contributed by atoms with Gasteiger partial charge in [0.2, 0.25) is 11.8 Å². The van der Waals surface area contributed by atoms with E-state index >= 15 is 0 Å². The molecule has 3 heterocycles. The zero-order valence-electron chi connectivity index (χ0n) is 26.0. The number of nitrogens with zero attached hydrogens (tertiary/aromatic N) is 1. The van der Waals surface area contributed by atoms with Crippen molar-refractivity contribution in [1.29, 1.82) is 0 Å². The van der Waals surface area contributed by atoms with E-state index in [0.717, 1.165) is 50.8 Å². The standard InChI is InChI=1S/C38H38BNO5S/c1-2-9-27-21-31-36(38(43)40(37(31)42)23-28-12-8-19-46-28)32-22-39(44)45-34(35(27)32)18-16-25(24-10-4-3-5-11-24)20-26-15-17-33(41)30-14-7-6-13-29(26)30/h3-8,10-15,17,19-20,31-32,34,36,41,44H,2,9,16,18,21-23H2,1H3/b25-20-/t31-,32+,34-,36-/m1/s1. The van der Waals surface area contributed by atoms with Crippen LogP contribution < -0.4 is 0 Å². The highest BCUT2D eigenvalue weighted by atomic mass is 32.1. The number of likely N-dealkylation sites (tertiary alicyclic amines) is 1. The molecule has 2 aliphatic heterocycles. The average Bonchev–Trinajstić information content (AvgIpc) is 3.67. The number of imide groups is 1. The van der Waals surface area contributed by atoms with E-state index in [0.29, 0.717) is 32.1 Å². The van der Waals surface area contributed by atoms with Crippen molar-refractivity contribution < 1.29 is 24.4 Å². The molecule has 4 aromatic rings. The molecule has 2 saturated heterocycles. The molecule has 7 rings (SSSR count). The van der Waals surface area contributed by atoms with Gasteiger partial charge < -0.3 is 14.8 Å². The Morgan fingerprint density at radius 3 is 2.52 bits per heavy atom. The van der Waals surface area contributed by atoms with E-state index in [9.17, 15) is 19.7 Å². The monoisotopic (exact) mass is 631 g/mol. The summed E-state index contributed by atoms with van der Waals surface area (Å²) in [5.74, 6) is -0.996. The van der Waals surface area contributed by atoms with Gasteiger partial charge in [0.05, 0.1) is 24.5 Å². The number of fused-ring (bicyclic) bond motifs is 4. The Bertz CT molecular complexity index is 1820. The lowest BCUT2D eigenvalue weighted by molar-refractivity contribution is -0.140. The van der Waals surface area contributed by atoms with Gasteiger partial charge in [0, 0.05) is 10.3 Å². The summed E-state index contributed by atoms with van der Waals surface area (Å²) >= 11 is 1.55. The summed E-state index contributed by atoms with van der Waals surface area (Å²) in [5.41, 5.74) is 5.59. The minimum Gasteiger partial charge on any atom is -0.507 e. The second kappa shape index (κ2) is 13.0. The van der Waals surface area contributed by atoms with Crippen LogP contribution in [0.2, 0.25) is 6.32 Å². The zero-order chi connectivity index (χ0) is 31.8. The molecule has 46 heavy (non-hydrogen) atoms. The maximum absolute atomic E-state index is 13.9. The van der Waals surface area contributed by atoms with Gasteiger partial charge in [-0.25, -0.2) is 0 Å². The van der Waals surface area contributed by atoms with Gasteiger partial charge in [-0.3, -0.25) is 14.5 Å². The third-order valence-electron chi connectivity index (χ3n) is 9.93. The largest absolute Gasteiger partial charge is 0.507 e.